The predicted octanol–water partition coefficient (Wildman–Crippen LogP) is 2.78. The van der Waals surface area contributed by atoms with Crippen molar-refractivity contribution in [3.05, 3.63) is 60.0 Å². The Labute approximate surface area is 156 Å². The van der Waals surface area contributed by atoms with Gasteiger partial charge in [-0.25, -0.2) is 19.6 Å². The van der Waals surface area contributed by atoms with E-state index < -0.39 is 0 Å². The molecule has 4 N–H and O–H groups in total. The quantitative estimate of drug-likeness (QED) is 0.571. The van der Waals surface area contributed by atoms with Crippen LogP contribution >= 0.6 is 0 Å². The van der Waals surface area contributed by atoms with E-state index in [0.717, 1.165) is 41.6 Å². The van der Waals surface area contributed by atoms with Gasteiger partial charge in [0, 0.05) is 11.8 Å². The minimum absolute atomic E-state index is 0.229. The largest absolute Gasteiger partial charge is 0.384 e. The molecule has 134 valence electrons. The molecule has 0 fully saturated rings. The summed E-state index contributed by atoms with van der Waals surface area (Å²) in [4.78, 5) is 12.9. The first-order valence-electron chi connectivity index (χ1n) is 8.98. The summed E-state index contributed by atoms with van der Waals surface area (Å²) in [7, 11) is 0. The van der Waals surface area contributed by atoms with Crippen LogP contribution in [0.5, 0.6) is 0 Å². The van der Waals surface area contributed by atoms with Crippen molar-refractivity contribution < 1.29 is 0 Å². The molecule has 1 aliphatic carbocycles. The fraction of sp³-hybridized carbons (Fsp3) is 0.200. The second kappa shape index (κ2) is 6.05. The molecule has 7 heteroatoms. The van der Waals surface area contributed by atoms with Crippen molar-refractivity contribution in [2.24, 2.45) is 0 Å². The van der Waals surface area contributed by atoms with Crippen molar-refractivity contribution >= 4 is 22.7 Å². The molecule has 0 amide bonds. The molecule has 3 heterocycles. The van der Waals surface area contributed by atoms with Crippen LogP contribution in [0.4, 0.5) is 11.6 Å². The van der Waals surface area contributed by atoms with E-state index in [0.29, 0.717) is 11.6 Å². The number of hydrogen-bond donors (Lipinski definition) is 2. The lowest BCUT2D eigenvalue weighted by molar-refractivity contribution is 0.415. The molecule has 1 atom stereocenters. The molecular weight excluding hydrogens is 338 g/mol. The van der Waals surface area contributed by atoms with Crippen molar-refractivity contribution in [3.63, 3.8) is 0 Å². The van der Waals surface area contributed by atoms with E-state index in [-0.39, 0.29) is 6.04 Å². The van der Waals surface area contributed by atoms with Gasteiger partial charge in [-0.15, -0.1) is 0 Å². The van der Waals surface area contributed by atoms with Crippen LogP contribution in [-0.4, -0.2) is 24.7 Å². The van der Waals surface area contributed by atoms with Crippen LogP contribution in [0.3, 0.4) is 0 Å². The molecule has 7 nitrogen and oxygen atoms in total. The Kier molecular flexibility index (Phi) is 3.53. The van der Waals surface area contributed by atoms with Crippen LogP contribution in [-0.2, 0) is 12.8 Å². The molecule has 4 aromatic rings. The average molecular weight is 357 g/mol. The second-order valence-corrected chi connectivity index (χ2v) is 6.89. The molecule has 0 saturated heterocycles. The number of rotatable bonds is 2. The zero-order valence-electron chi connectivity index (χ0n) is 14.7. The number of nitrogens with two attached hydrogens (primary N) is 2. The normalized spacial score (nSPS) is 16.4. The van der Waals surface area contributed by atoms with Crippen molar-refractivity contribution in [1.82, 2.24) is 24.7 Å². The number of hydrogen-bond acceptors (Lipinski definition) is 6. The number of aryl methyl sites for hydroxylation is 1. The molecule has 1 aromatic carbocycles. The summed E-state index contributed by atoms with van der Waals surface area (Å²) >= 11 is 0. The summed E-state index contributed by atoms with van der Waals surface area (Å²) in [6, 6.07) is 12.5. The number of pyridine rings is 1. The highest BCUT2D eigenvalue weighted by Gasteiger charge is 2.25. The minimum atomic E-state index is 0.229. The lowest BCUT2D eigenvalue weighted by atomic mass is 9.88. The fourth-order valence-electron chi connectivity index (χ4n) is 3.88. The number of fused-ring (bicyclic) bond motifs is 2. The van der Waals surface area contributed by atoms with Crippen molar-refractivity contribution in [3.8, 4) is 11.3 Å². The van der Waals surface area contributed by atoms with Gasteiger partial charge in [-0.2, -0.15) is 5.10 Å². The molecule has 0 spiro atoms. The van der Waals surface area contributed by atoms with Crippen molar-refractivity contribution in [1.29, 1.82) is 0 Å². The molecule has 0 saturated carbocycles. The summed E-state index contributed by atoms with van der Waals surface area (Å²) in [6.45, 7) is 0. The Morgan fingerprint density at radius 2 is 1.81 bits per heavy atom. The Morgan fingerprint density at radius 3 is 2.63 bits per heavy atom. The molecule has 1 unspecified atom stereocenters. The summed E-state index contributed by atoms with van der Waals surface area (Å²) < 4.78 is 2.01. The summed E-state index contributed by atoms with van der Waals surface area (Å²) in [5.74, 6) is 0.893. The summed E-state index contributed by atoms with van der Waals surface area (Å²) in [5.41, 5.74) is 17.1. The monoisotopic (exact) mass is 357 g/mol. The maximum atomic E-state index is 6.19. The number of aromatic nitrogens is 5. The Balaban J connectivity index is 1.66. The van der Waals surface area contributed by atoms with Crippen LogP contribution < -0.4 is 11.5 Å². The first-order chi connectivity index (χ1) is 13.2. The van der Waals surface area contributed by atoms with E-state index >= 15 is 0 Å². The molecule has 0 bridgehead atoms. The van der Waals surface area contributed by atoms with E-state index in [1.54, 1.807) is 12.3 Å². The zero-order valence-corrected chi connectivity index (χ0v) is 14.7. The lowest BCUT2D eigenvalue weighted by Gasteiger charge is -2.25. The third-order valence-electron chi connectivity index (χ3n) is 5.24. The van der Waals surface area contributed by atoms with E-state index in [4.69, 9.17) is 16.6 Å². The van der Waals surface area contributed by atoms with Gasteiger partial charge >= 0.3 is 0 Å². The van der Waals surface area contributed by atoms with E-state index in [9.17, 15) is 0 Å². The Morgan fingerprint density at radius 1 is 0.963 bits per heavy atom. The Bertz CT molecular complexity index is 1130. The smallest absolute Gasteiger partial charge is 0.164 e. The van der Waals surface area contributed by atoms with Crippen LogP contribution in [0.15, 0.2) is 48.9 Å². The van der Waals surface area contributed by atoms with Gasteiger partial charge in [0.2, 0.25) is 0 Å². The van der Waals surface area contributed by atoms with Crippen LogP contribution in [0, 0.1) is 0 Å². The third kappa shape index (κ3) is 2.59. The predicted molar refractivity (Wildman–Crippen MR) is 105 cm³/mol. The van der Waals surface area contributed by atoms with Crippen LogP contribution in [0.1, 0.15) is 23.6 Å². The fourth-order valence-corrected chi connectivity index (χ4v) is 3.88. The molecular formula is C20H19N7. The lowest BCUT2D eigenvalue weighted by Crippen LogP contribution is -2.20. The standard InChI is InChI=1S/C20H19N7/c21-16-8-6-14(10-23-16)18-17-19(22)24-11-25-20(17)27(26-18)15-7-5-12-3-1-2-4-13(12)9-15/h1-4,6,8,10-11,15H,5,7,9H2,(H2,21,23)(H2,22,24,25). The molecule has 27 heavy (non-hydrogen) atoms. The number of nitrogens with zero attached hydrogens (tertiary/aromatic N) is 5. The molecule has 1 aliphatic rings. The number of anilines is 2. The topological polar surface area (TPSA) is 109 Å². The van der Waals surface area contributed by atoms with E-state index in [2.05, 4.69) is 39.2 Å². The van der Waals surface area contributed by atoms with Gasteiger partial charge in [-0.05, 0) is 42.5 Å². The summed E-state index contributed by atoms with van der Waals surface area (Å²) in [5, 5.41) is 5.67. The summed E-state index contributed by atoms with van der Waals surface area (Å²) in [6.07, 6.45) is 6.18. The van der Waals surface area contributed by atoms with Crippen LogP contribution in [0.2, 0.25) is 0 Å². The molecule has 0 radical (unpaired) electrons. The maximum Gasteiger partial charge on any atom is 0.164 e. The first kappa shape index (κ1) is 15.7. The molecule has 5 rings (SSSR count). The zero-order chi connectivity index (χ0) is 18.4. The highest BCUT2D eigenvalue weighted by atomic mass is 15.3. The maximum absolute atomic E-state index is 6.19. The molecule has 3 aromatic heterocycles. The van der Waals surface area contributed by atoms with Gasteiger partial charge in [-0.1, -0.05) is 24.3 Å². The van der Waals surface area contributed by atoms with Crippen LogP contribution in [0.25, 0.3) is 22.3 Å². The average Bonchev–Trinajstić information content (AvgIpc) is 3.09. The van der Waals surface area contributed by atoms with Gasteiger partial charge in [-0.3, -0.25) is 0 Å². The third-order valence-corrected chi connectivity index (χ3v) is 5.24. The van der Waals surface area contributed by atoms with Gasteiger partial charge in [0.05, 0.1) is 11.4 Å². The van der Waals surface area contributed by atoms with Gasteiger partial charge in [0.1, 0.15) is 23.7 Å². The first-order valence-corrected chi connectivity index (χ1v) is 8.98. The SMILES string of the molecule is Nc1ccc(-c2nn(C3CCc4ccccc4C3)c3ncnc(N)c23)cn1. The highest BCUT2D eigenvalue weighted by molar-refractivity contribution is 5.98. The van der Waals surface area contributed by atoms with E-state index in [1.807, 2.05) is 10.7 Å². The highest BCUT2D eigenvalue weighted by Crippen LogP contribution is 2.35. The second-order valence-electron chi connectivity index (χ2n) is 6.89. The van der Waals surface area contributed by atoms with Crippen molar-refractivity contribution in [2.45, 2.75) is 25.3 Å². The van der Waals surface area contributed by atoms with E-state index in [1.165, 1.54) is 17.5 Å². The minimum Gasteiger partial charge on any atom is -0.384 e. The van der Waals surface area contributed by atoms with Gasteiger partial charge in [0.25, 0.3) is 0 Å². The number of nitrogen functional groups attached to an aromatic ring is 2. The van der Waals surface area contributed by atoms with Gasteiger partial charge < -0.3 is 11.5 Å². The van der Waals surface area contributed by atoms with Crippen molar-refractivity contribution in [2.75, 3.05) is 11.5 Å². The molecule has 0 aliphatic heterocycles. The Hall–Kier alpha value is -3.48. The van der Waals surface area contributed by atoms with Gasteiger partial charge in [0.15, 0.2) is 5.65 Å². The number of benzene rings is 1.